The van der Waals surface area contributed by atoms with Crippen molar-refractivity contribution in [1.29, 1.82) is 0 Å². The molecule has 2 N–H and O–H groups in total. The molecule has 0 saturated heterocycles. The van der Waals surface area contributed by atoms with Crippen molar-refractivity contribution in [3.8, 4) is 0 Å². The van der Waals surface area contributed by atoms with E-state index in [0.29, 0.717) is 5.52 Å². The molecule has 1 atom stereocenters. The van der Waals surface area contributed by atoms with E-state index in [2.05, 4.69) is 18.8 Å². The van der Waals surface area contributed by atoms with Crippen LogP contribution in [0.1, 0.15) is 5.56 Å². The summed E-state index contributed by atoms with van der Waals surface area (Å²) in [7, 11) is -4.12. The predicted octanol–water partition coefficient (Wildman–Crippen LogP) is 4.01. The number of halogens is 2. The van der Waals surface area contributed by atoms with Crippen LogP contribution in [0.5, 0.6) is 0 Å². The lowest BCUT2D eigenvalue weighted by molar-refractivity contribution is -0.117. The van der Waals surface area contributed by atoms with E-state index in [4.69, 9.17) is 11.6 Å². The molecule has 164 valence electrons. The van der Waals surface area contributed by atoms with Crippen molar-refractivity contribution >= 4 is 56.0 Å². The Bertz CT molecular complexity index is 1380. The molecule has 0 aliphatic rings. The van der Waals surface area contributed by atoms with Crippen LogP contribution in [0.25, 0.3) is 11.0 Å². The summed E-state index contributed by atoms with van der Waals surface area (Å²) in [5, 5.41) is 2.43. The Labute approximate surface area is 192 Å². The monoisotopic (exact) mass is 490 g/mol. The Kier molecular flexibility index (Phi) is 6.47. The average molecular weight is 491 g/mol. The molecule has 4 rings (SSSR count). The summed E-state index contributed by atoms with van der Waals surface area (Å²) >= 11 is 6.69. The summed E-state index contributed by atoms with van der Waals surface area (Å²) in [4.78, 5) is 13.0. The van der Waals surface area contributed by atoms with E-state index in [1.54, 1.807) is 36.4 Å². The number of carbonyl (C=O) groups excluding carboxylic acids is 1. The Morgan fingerprint density at radius 1 is 1.06 bits per heavy atom. The van der Waals surface area contributed by atoms with E-state index in [9.17, 15) is 17.6 Å². The summed E-state index contributed by atoms with van der Waals surface area (Å²) < 4.78 is 50.4. The minimum absolute atomic E-state index is 0.0700. The number of aromatic nitrogens is 2. The van der Waals surface area contributed by atoms with Crippen LogP contribution in [-0.4, -0.2) is 29.1 Å². The molecule has 0 saturated carbocycles. The fraction of sp³-hybridized carbons (Fsp3) is 0.0952. The zero-order valence-electron chi connectivity index (χ0n) is 16.3. The van der Waals surface area contributed by atoms with E-state index in [0.717, 1.165) is 23.4 Å². The average Bonchev–Trinajstić information content (AvgIpc) is 3.25. The summed E-state index contributed by atoms with van der Waals surface area (Å²) in [5.74, 6) is -1.25. The van der Waals surface area contributed by atoms with Crippen LogP contribution in [0.3, 0.4) is 0 Å². The van der Waals surface area contributed by atoms with Crippen LogP contribution in [0.4, 0.5) is 10.1 Å². The van der Waals surface area contributed by atoms with Crippen molar-refractivity contribution in [2.24, 2.45) is 0 Å². The Hall–Kier alpha value is -2.92. The SMILES string of the molecule is O=C(Nc1ccc(F)c(Cl)c1)[C@@H](Cc1ccccc1)NS(=O)(=O)c1cccc2nsnc12. The van der Waals surface area contributed by atoms with Gasteiger partial charge >= 0.3 is 0 Å². The minimum atomic E-state index is -4.12. The highest BCUT2D eigenvalue weighted by atomic mass is 35.5. The number of hydrogen-bond donors (Lipinski definition) is 2. The number of amides is 1. The lowest BCUT2D eigenvalue weighted by Gasteiger charge is -2.19. The molecular formula is C21H16ClFN4O3S2. The quantitative estimate of drug-likeness (QED) is 0.407. The molecule has 0 bridgehead atoms. The fourth-order valence-electron chi connectivity index (χ4n) is 3.09. The Balaban J connectivity index is 1.65. The highest BCUT2D eigenvalue weighted by Crippen LogP contribution is 2.23. The lowest BCUT2D eigenvalue weighted by Crippen LogP contribution is -2.45. The van der Waals surface area contributed by atoms with Crippen LogP contribution in [0.15, 0.2) is 71.6 Å². The van der Waals surface area contributed by atoms with Crippen LogP contribution >= 0.6 is 23.3 Å². The second kappa shape index (κ2) is 9.29. The first-order valence-corrected chi connectivity index (χ1v) is 12.0. The molecule has 0 radical (unpaired) electrons. The third-order valence-electron chi connectivity index (χ3n) is 4.62. The van der Waals surface area contributed by atoms with Gasteiger partial charge in [0.15, 0.2) is 0 Å². The molecule has 11 heteroatoms. The van der Waals surface area contributed by atoms with Gasteiger partial charge < -0.3 is 5.32 Å². The normalized spacial score (nSPS) is 12.6. The Morgan fingerprint density at radius 3 is 2.59 bits per heavy atom. The molecule has 1 amide bonds. The molecule has 0 aliphatic carbocycles. The van der Waals surface area contributed by atoms with Gasteiger partial charge in [0.05, 0.1) is 16.8 Å². The zero-order chi connectivity index (χ0) is 22.7. The zero-order valence-corrected chi connectivity index (χ0v) is 18.7. The van der Waals surface area contributed by atoms with Gasteiger partial charge in [-0.25, -0.2) is 12.8 Å². The second-order valence-electron chi connectivity index (χ2n) is 6.87. The van der Waals surface area contributed by atoms with Crippen molar-refractivity contribution in [2.75, 3.05) is 5.32 Å². The molecule has 0 aliphatic heterocycles. The first-order valence-electron chi connectivity index (χ1n) is 9.37. The van der Waals surface area contributed by atoms with Gasteiger partial charge in [-0.05, 0) is 42.3 Å². The maximum absolute atomic E-state index is 13.4. The maximum atomic E-state index is 13.4. The van der Waals surface area contributed by atoms with Gasteiger partial charge in [-0.1, -0.05) is 48.0 Å². The molecule has 3 aromatic carbocycles. The minimum Gasteiger partial charge on any atom is -0.325 e. The van der Waals surface area contributed by atoms with Crippen molar-refractivity contribution in [3.63, 3.8) is 0 Å². The third kappa shape index (κ3) is 4.94. The molecule has 32 heavy (non-hydrogen) atoms. The molecule has 1 aromatic heterocycles. The van der Waals surface area contributed by atoms with Gasteiger partial charge in [0, 0.05) is 5.69 Å². The van der Waals surface area contributed by atoms with Crippen LogP contribution in [-0.2, 0) is 21.2 Å². The summed E-state index contributed by atoms with van der Waals surface area (Å²) in [6.07, 6.45) is 0.0894. The molecule has 7 nitrogen and oxygen atoms in total. The van der Waals surface area contributed by atoms with Crippen molar-refractivity contribution < 1.29 is 17.6 Å². The van der Waals surface area contributed by atoms with E-state index in [1.807, 2.05) is 6.07 Å². The second-order valence-corrected chi connectivity index (χ2v) is 9.49. The van der Waals surface area contributed by atoms with Crippen molar-refractivity contribution in [1.82, 2.24) is 13.5 Å². The van der Waals surface area contributed by atoms with Gasteiger partial charge in [-0.2, -0.15) is 13.5 Å². The van der Waals surface area contributed by atoms with Crippen LogP contribution in [0, 0.1) is 5.82 Å². The molecule has 4 aromatic rings. The van der Waals surface area contributed by atoms with Crippen LogP contribution < -0.4 is 10.0 Å². The fourth-order valence-corrected chi connectivity index (χ4v) is 5.23. The van der Waals surface area contributed by atoms with Gasteiger partial charge in [0.2, 0.25) is 15.9 Å². The number of sulfonamides is 1. The molecule has 0 unspecified atom stereocenters. The van der Waals surface area contributed by atoms with Gasteiger partial charge in [-0.3, -0.25) is 4.79 Å². The molecule has 1 heterocycles. The predicted molar refractivity (Wildman–Crippen MR) is 122 cm³/mol. The Morgan fingerprint density at radius 2 is 1.84 bits per heavy atom. The molecular weight excluding hydrogens is 475 g/mol. The van der Waals surface area contributed by atoms with Crippen molar-refractivity contribution in [3.05, 3.63) is 83.1 Å². The third-order valence-corrected chi connectivity index (χ3v) is 6.96. The first-order chi connectivity index (χ1) is 15.3. The molecule has 0 spiro atoms. The van der Waals surface area contributed by atoms with E-state index >= 15 is 0 Å². The number of anilines is 1. The van der Waals surface area contributed by atoms with E-state index < -0.39 is 27.8 Å². The lowest BCUT2D eigenvalue weighted by atomic mass is 10.1. The smallest absolute Gasteiger partial charge is 0.243 e. The standard InChI is InChI=1S/C21H16ClFN4O3S2/c22-15-12-14(9-10-16(15)23)24-21(28)18(11-13-5-2-1-3-6-13)27-32(29,30)19-8-4-7-17-20(19)26-31-25-17/h1-10,12,18,27H,11H2,(H,24,28)/t18-/m1/s1. The van der Waals surface area contributed by atoms with Crippen LogP contribution in [0.2, 0.25) is 5.02 Å². The van der Waals surface area contributed by atoms with E-state index in [1.165, 1.54) is 18.2 Å². The summed E-state index contributed by atoms with van der Waals surface area (Å²) in [5.41, 5.74) is 1.67. The van der Waals surface area contributed by atoms with Gasteiger partial charge in [0.1, 0.15) is 27.8 Å². The summed E-state index contributed by atoms with van der Waals surface area (Å²) in [6, 6.07) is 16.2. The largest absolute Gasteiger partial charge is 0.325 e. The number of nitrogens with one attached hydrogen (secondary N) is 2. The highest BCUT2D eigenvalue weighted by Gasteiger charge is 2.28. The highest BCUT2D eigenvalue weighted by molar-refractivity contribution is 7.89. The molecule has 0 fully saturated rings. The summed E-state index contributed by atoms with van der Waals surface area (Å²) in [6.45, 7) is 0. The number of carbonyl (C=O) groups is 1. The van der Waals surface area contributed by atoms with Crippen molar-refractivity contribution in [2.45, 2.75) is 17.4 Å². The van der Waals surface area contributed by atoms with Gasteiger partial charge in [-0.15, -0.1) is 0 Å². The number of fused-ring (bicyclic) bond motifs is 1. The first kappa shape index (κ1) is 22.3. The topological polar surface area (TPSA) is 101 Å². The number of benzene rings is 3. The maximum Gasteiger partial charge on any atom is 0.243 e. The number of nitrogens with zero attached hydrogens (tertiary/aromatic N) is 2. The van der Waals surface area contributed by atoms with Gasteiger partial charge in [0.25, 0.3) is 0 Å². The number of hydrogen-bond acceptors (Lipinski definition) is 6. The van der Waals surface area contributed by atoms with E-state index in [-0.39, 0.29) is 27.5 Å². The number of rotatable bonds is 7.